The normalized spacial score (nSPS) is 10.4. The maximum Gasteiger partial charge on any atom is 0.256 e. The van der Waals surface area contributed by atoms with Crippen LogP contribution in [0.3, 0.4) is 0 Å². The second kappa shape index (κ2) is 5.51. The molecule has 0 unspecified atom stereocenters. The van der Waals surface area contributed by atoms with Gasteiger partial charge >= 0.3 is 0 Å². The van der Waals surface area contributed by atoms with Gasteiger partial charge in [-0.25, -0.2) is 0 Å². The van der Waals surface area contributed by atoms with E-state index in [4.69, 9.17) is 8.94 Å². The van der Waals surface area contributed by atoms with E-state index in [1.54, 1.807) is 12.1 Å². The van der Waals surface area contributed by atoms with E-state index in [0.717, 1.165) is 0 Å². The summed E-state index contributed by atoms with van der Waals surface area (Å²) in [6.45, 7) is 1.86. The van der Waals surface area contributed by atoms with E-state index in [1.807, 2.05) is 6.92 Å². The molecule has 0 spiro atoms. The quantitative estimate of drug-likeness (QED) is 0.827. The molecule has 0 bridgehead atoms. The first-order valence-electron chi connectivity index (χ1n) is 5.93. The molecule has 2 aromatic rings. The molecule has 0 aliphatic carbocycles. The second-order valence-electron chi connectivity index (χ2n) is 3.94. The number of furan rings is 1. The molecule has 0 radical (unpaired) electrons. The molecule has 19 heavy (non-hydrogen) atoms. The molecule has 0 aliphatic rings. The lowest BCUT2D eigenvalue weighted by Gasteiger charge is -2.00. The molecule has 100 valence electrons. The smallest absolute Gasteiger partial charge is 0.256 e. The number of nitrogens with zero attached hydrogens (tertiary/aromatic N) is 1. The van der Waals surface area contributed by atoms with Crippen LogP contribution in [0.2, 0.25) is 0 Å². The van der Waals surface area contributed by atoms with Gasteiger partial charge in [-0.1, -0.05) is 12.1 Å². The molecule has 1 amide bonds. The number of Topliss-reactive ketones (excluding diaryl/α,β-unsaturated/α-hetero) is 1. The SMILES string of the molecule is CCc1noc(CC(=O)c2ccco2)c1C(=O)NC. The van der Waals surface area contributed by atoms with Gasteiger partial charge in [0.1, 0.15) is 5.56 Å². The maximum absolute atomic E-state index is 11.9. The number of nitrogens with one attached hydrogen (secondary N) is 1. The van der Waals surface area contributed by atoms with Crippen molar-refractivity contribution in [1.29, 1.82) is 0 Å². The van der Waals surface area contributed by atoms with Crippen LogP contribution in [0, 0.1) is 0 Å². The largest absolute Gasteiger partial charge is 0.461 e. The number of carbonyl (C=O) groups excluding carboxylic acids is 2. The lowest BCUT2D eigenvalue weighted by Crippen LogP contribution is -2.21. The topological polar surface area (TPSA) is 85.3 Å². The van der Waals surface area contributed by atoms with Gasteiger partial charge in [0.25, 0.3) is 5.91 Å². The zero-order chi connectivity index (χ0) is 13.8. The van der Waals surface area contributed by atoms with Crippen molar-refractivity contribution >= 4 is 11.7 Å². The molecule has 0 saturated heterocycles. The minimum absolute atomic E-state index is 0.0523. The Balaban J connectivity index is 2.28. The van der Waals surface area contributed by atoms with Gasteiger partial charge in [0.05, 0.1) is 18.4 Å². The van der Waals surface area contributed by atoms with Crippen molar-refractivity contribution in [1.82, 2.24) is 10.5 Å². The van der Waals surface area contributed by atoms with Crippen LogP contribution in [0.25, 0.3) is 0 Å². The van der Waals surface area contributed by atoms with Crippen LogP contribution < -0.4 is 5.32 Å². The van der Waals surface area contributed by atoms with Gasteiger partial charge in [-0.3, -0.25) is 9.59 Å². The van der Waals surface area contributed by atoms with Crippen LogP contribution in [-0.4, -0.2) is 23.9 Å². The fraction of sp³-hybridized carbons (Fsp3) is 0.308. The molecule has 6 heteroatoms. The first kappa shape index (κ1) is 13.1. The van der Waals surface area contributed by atoms with Crippen LogP contribution >= 0.6 is 0 Å². The summed E-state index contributed by atoms with van der Waals surface area (Å²) in [7, 11) is 1.52. The Hall–Kier alpha value is -2.37. The van der Waals surface area contributed by atoms with Crippen LogP contribution in [-0.2, 0) is 12.8 Å². The molecular formula is C13H14N2O4. The number of aryl methyl sites for hydroxylation is 1. The Morgan fingerprint density at radius 3 is 2.79 bits per heavy atom. The van der Waals surface area contributed by atoms with Crippen molar-refractivity contribution in [2.75, 3.05) is 7.05 Å². The van der Waals surface area contributed by atoms with Gasteiger partial charge in [0, 0.05) is 7.05 Å². The Morgan fingerprint density at radius 1 is 1.42 bits per heavy atom. The fourth-order valence-corrected chi connectivity index (χ4v) is 1.78. The third kappa shape index (κ3) is 2.57. The molecule has 0 aromatic carbocycles. The van der Waals surface area contributed by atoms with E-state index < -0.39 is 0 Å². The molecule has 0 fully saturated rings. The van der Waals surface area contributed by atoms with Crippen LogP contribution in [0.4, 0.5) is 0 Å². The molecule has 0 atom stereocenters. The summed E-state index contributed by atoms with van der Waals surface area (Å²) in [5, 5.41) is 6.34. The van der Waals surface area contributed by atoms with Crippen molar-refractivity contribution < 1.29 is 18.5 Å². The third-order valence-electron chi connectivity index (χ3n) is 2.74. The summed E-state index contributed by atoms with van der Waals surface area (Å²) >= 11 is 0. The minimum atomic E-state index is -0.305. The van der Waals surface area contributed by atoms with Crippen molar-refractivity contribution in [2.24, 2.45) is 0 Å². The minimum Gasteiger partial charge on any atom is -0.461 e. The lowest BCUT2D eigenvalue weighted by atomic mass is 10.1. The fourth-order valence-electron chi connectivity index (χ4n) is 1.78. The number of aromatic nitrogens is 1. The van der Waals surface area contributed by atoms with Crippen LogP contribution in [0.15, 0.2) is 27.3 Å². The molecule has 0 aliphatic heterocycles. The average molecular weight is 262 g/mol. The Kier molecular flexibility index (Phi) is 3.79. The maximum atomic E-state index is 11.9. The third-order valence-corrected chi connectivity index (χ3v) is 2.74. The average Bonchev–Trinajstić information content (AvgIpc) is 3.06. The van der Waals surface area contributed by atoms with Crippen molar-refractivity contribution in [3.63, 3.8) is 0 Å². The van der Waals surface area contributed by atoms with E-state index in [9.17, 15) is 9.59 Å². The summed E-state index contributed by atoms with van der Waals surface area (Å²) in [6, 6.07) is 3.20. The first-order valence-corrected chi connectivity index (χ1v) is 5.93. The Bertz CT molecular complexity index is 584. The molecule has 2 heterocycles. The summed E-state index contributed by atoms with van der Waals surface area (Å²) in [5.41, 5.74) is 0.881. The van der Waals surface area contributed by atoms with Gasteiger partial charge < -0.3 is 14.3 Å². The zero-order valence-electron chi connectivity index (χ0n) is 10.7. The summed E-state index contributed by atoms with van der Waals surface area (Å²) in [5.74, 6) is -0.0655. The number of amides is 1. The van der Waals surface area contributed by atoms with Crippen LogP contribution in [0.5, 0.6) is 0 Å². The van der Waals surface area contributed by atoms with Gasteiger partial charge in [-0.15, -0.1) is 0 Å². The Labute approximate surface area is 109 Å². The monoisotopic (exact) mass is 262 g/mol. The van der Waals surface area contributed by atoms with Gasteiger partial charge in [-0.05, 0) is 18.6 Å². The number of carbonyl (C=O) groups is 2. The van der Waals surface area contributed by atoms with E-state index in [0.29, 0.717) is 17.7 Å². The summed E-state index contributed by atoms with van der Waals surface area (Å²) in [6.07, 6.45) is 1.93. The van der Waals surface area contributed by atoms with Gasteiger partial charge in [0.2, 0.25) is 5.78 Å². The number of hydrogen-bond acceptors (Lipinski definition) is 5. The Morgan fingerprint density at radius 2 is 2.21 bits per heavy atom. The zero-order valence-corrected chi connectivity index (χ0v) is 10.7. The first-order chi connectivity index (χ1) is 9.17. The van der Waals surface area contributed by atoms with Crippen molar-refractivity contribution in [2.45, 2.75) is 19.8 Å². The van der Waals surface area contributed by atoms with Crippen molar-refractivity contribution in [3.8, 4) is 0 Å². The highest BCUT2D eigenvalue weighted by Crippen LogP contribution is 2.17. The van der Waals surface area contributed by atoms with E-state index in [2.05, 4.69) is 10.5 Å². The highest BCUT2D eigenvalue weighted by molar-refractivity contribution is 5.99. The van der Waals surface area contributed by atoms with Gasteiger partial charge in [-0.2, -0.15) is 0 Å². The van der Waals surface area contributed by atoms with Gasteiger partial charge in [0.15, 0.2) is 11.5 Å². The number of rotatable bonds is 5. The molecule has 6 nitrogen and oxygen atoms in total. The van der Waals surface area contributed by atoms with E-state index >= 15 is 0 Å². The van der Waals surface area contributed by atoms with E-state index in [-0.39, 0.29) is 29.6 Å². The predicted octanol–water partition coefficient (Wildman–Crippen LogP) is 1.61. The van der Waals surface area contributed by atoms with Crippen molar-refractivity contribution in [3.05, 3.63) is 41.2 Å². The molecule has 1 N–H and O–H groups in total. The summed E-state index contributed by atoms with van der Waals surface area (Å²) in [4.78, 5) is 23.7. The van der Waals surface area contributed by atoms with E-state index in [1.165, 1.54) is 13.3 Å². The lowest BCUT2D eigenvalue weighted by molar-refractivity contribution is 0.0952. The highest BCUT2D eigenvalue weighted by atomic mass is 16.5. The number of ketones is 1. The standard InChI is InChI=1S/C13H14N2O4/c1-3-8-12(13(17)14-2)11(19-15-8)7-9(16)10-5-4-6-18-10/h4-6H,3,7H2,1-2H3,(H,14,17). The highest BCUT2D eigenvalue weighted by Gasteiger charge is 2.24. The summed E-state index contributed by atoms with van der Waals surface area (Å²) < 4.78 is 10.1. The predicted molar refractivity (Wildman–Crippen MR) is 66.0 cm³/mol. The molecule has 2 rings (SSSR count). The number of hydrogen-bond donors (Lipinski definition) is 1. The molecular weight excluding hydrogens is 248 g/mol. The second-order valence-corrected chi connectivity index (χ2v) is 3.94. The molecule has 0 saturated carbocycles. The van der Waals surface area contributed by atoms with Crippen LogP contribution in [0.1, 0.15) is 39.3 Å². The molecule has 2 aromatic heterocycles.